The zero-order valence-electron chi connectivity index (χ0n) is 16.8. The zero-order chi connectivity index (χ0) is 18.7. The largest absolute Gasteiger partial charge is 0.366 e. The second-order valence-corrected chi connectivity index (χ2v) is 9.78. The number of anilines is 2. The molecule has 0 atom stereocenters. The van der Waals surface area contributed by atoms with Crippen molar-refractivity contribution in [2.24, 2.45) is 23.7 Å². The molecule has 1 saturated heterocycles. The third-order valence-electron chi connectivity index (χ3n) is 7.91. The molecule has 0 spiro atoms. The van der Waals surface area contributed by atoms with Crippen molar-refractivity contribution in [3.63, 3.8) is 0 Å². The first-order valence-corrected chi connectivity index (χ1v) is 11.2. The van der Waals surface area contributed by atoms with Crippen LogP contribution in [0.5, 0.6) is 0 Å². The van der Waals surface area contributed by atoms with Crippen LogP contribution in [-0.2, 0) is 0 Å². The van der Waals surface area contributed by atoms with Gasteiger partial charge in [-0.2, -0.15) is 4.98 Å². The molecule has 1 aromatic heterocycles. The Morgan fingerprint density at radius 3 is 2.25 bits per heavy atom. The molecule has 4 aliphatic carbocycles. The topological polar surface area (TPSA) is 44.3 Å². The Labute approximate surface area is 167 Å². The Morgan fingerprint density at radius 1 is 0.857 bits per heavy atom. The minimum absolute atomic E-state index is 0.603. The molecule has 7 rings (SSSR count). The average molecular weight is 378 g/mol. The van der Waals surface area contributed by atoms with Gasteiger partial charge in [0.2, 0.25) is 5.95 Å². The quantitative estimate of drug-likeness (QED) is 0.885. The van der Waals surface area contributed by atoms with Crippen LogP contribution in [0.2, 0.25) is 0 Å². The molecule has 2 heterocycles. The average Bonchev–Trinajstić information content (AvgIpc) is 2.70. The number of fused-ring (bicyclic) bond motifs is 1. The highest BCUT2D eigenvalue weighted by Gasteiger charge is 2.48. The molecule has 5 heteroatoms. The van der Waals surface area contributed by atoms with Crippen LogP contribution >= 0.6 is 0 Å². The van der Waals surface area contributed by atoms with Crippen molar-refractivity contribution < 1.29 is 0 Å². The van der Waals surface area contributed by atoms with Gasteiger partial charge in [0.15, 0.2) is 0 Å². The standard InChI is InChI=1S/C23H31N5/c1-27-6-8-28(9-7-27)23-24-20-5-3-2-4-19(20)22(26-23)25-21-17-11-15-10-16(13-17)14-18(21)12-15/h2-5,15-18,21H,6-14H2,1H3,(H,24,25,26). The van der Waals surface area contributed by atoms with Gasteiger partial charge in [0.05, 0.1) is 5.52 Å². The van der Waals surface area contributed by atoms with Gasteiger partial charge < -0.3 is 15.1 Å². The molecule has 1 aromatic carbocycles. The fourth-order valence-corrected chi connectivity index (χ4v) is 6.64. The Morgan fingerprint density at radius 2 is 1.54 bits per heavy atom. The highest BCUT2D eigenvalue weighted by atomic mass is 15.3. The normalized spacial score (nSPS) is 34.9. The van der Waals surface area contributed by atoms with E-state index in [0.29, 0.717) is 6.04 Å². The lowest BCUT2D eigenvalue weighted by molar-refractivity contribution is 0.00746. The second-order valence-electron chi connectivity index (χ2n) is 9.78. The minimum Gasteiger partial charge on any atom is -0.366 e. The summed E-state index contributed by atoms with van der Waals surface area (Å²) in [7, 11) is 2.19. The van der Waals surface area contributed by atoms with Gasteiger partial charge in [-0.1, -0.05) is 12.1 Å². The number of nitrogens with one attached hydrogen (secondary N) is 1. The van der Waals surface area contributed by atoms with E-state index in [2.05, 4.69) is 46.4 Å². The number of para-hydroxylation sites is 1. The summed E-state index contributed by atoms with van der Waals surface area (Å²) in [6, 6.07) is 9.13. The highest BCUT2D eigenvalue weighted by molar-refractivity contribution is 5.90. The number of nitrogens with zero attached hydrogens (tertiary/aromatic N) is 4. The smallest absolute Gasteiger partial charge is 0.227 e. The van der Waals surface area contributed by atoms with Gasteiger partial charge in [-0.05, 0) is 75.0 Å². The van der Waals surface area contributed by atoms with Crippen molar-refractivity contribution in [3.8, 4) is 0 Å². The molecule has 0 unspecified atom stereocenters. The maximum absolute atomic E-state index is 5.09. The Hall–Kier alpha value is -1.88. The SMILES string of the molecule is CN1CCN(c2nc(NC3C4CC5CC(C4)CC3C5)c3ccccc3n2)CC1. The summed E-state index contributed by atoms with van der Waals surface area (Å²) in [5.74, 6) is 5.66. The molecule has 2 aromatic rings. The van der Waals surface area contributed by atoms with Crippen molar-refractivity contribution >= 4 is 22.7 Å². The molecular weight excluding hydrogens is 346 g/mol. The lowest BCUT2D eigenvalue weighted by Gasteiger charge is -2.54. The van der Waals surface area contributed by atoms with E-state index in [4.69, 9.17) is 9.97 Å². The predicted molar refractivity (Wildman–Crippen MR) is 114 cm³/mol. The number of piperazine rings is 1. The number of rotatable bonds is 3. The van der Waals surface area contributed by atoms with Gasteiger partial charge in [0, 0.05) is 37.6 Å². The Bertz CT molecular complexity index is 844. The fraction of sp³-hybridized carbons (Fsp3) is 0.652. The molecule has 4 saturated carbocycles. The van der Waals surface area contributed by atoms with Gasteiger partial charge >= 0.3 is 0 Å². The van der Waals surface area contributed by atoms with Crippen molar-refractivity contribution in [2.75, 3.05) is 43.4 Å². The first-order valence-electron chi connectivity index (χ1n) is 11.2. The summed E-state index contributed by atoms with van der Waals surface area (Å²) in [5, 5.41) is 5.14. The Kier molecular flexibility index (Phi) is 4.00. The van der Waals surface area contributed by atoms with Crippen molar-refractivity contribution in [1.29, 1.82) is 0 Å². The van der Waals surface area contributed by atoms with E-state index >= 15 is 0 Å². The molecular formula is C23H31N5. The third-order valence-corrected chi connectivity index (χ3v) is 7.91. The molecule has 5 fully saturated rings. The molecule has 4 bridgehead atoms. The molecule has 28 heavy (non-hydrogen) atoms. The summed E-state index contributed by atoms with van der Waals surface area (Å²) in [6.07, 6.45) is 7.22. The van der Waals surface area contributed by atoms with Crippen LogP contribution < -0.4 is 10.2 Å². The van der Waals surface area contributed by atoms with Gasteiger partial charge in [-0.25, -0.2) is 4.98 Å². The van der Waals surface area contributed by atoms with Crippen LogP contribution in [0.25, 0.3) is 10.9 Å². The van der Waals surface area contributed by atoms with E-state index in [-0.39, 0.29) is 0 Å². The lowest BCUT2D eigenvalue weighted by atomic mass is 9.54. The molecule has 5 nitrogen and oxygen atoms in total. The van der Waals surface area contributed by atoms with Crippen LogP contribution in [-0.4, -0.2) is 54.1 Å². The van der Waals surface area contributed by atoms with Gasteiger partial charge in [0.25, 0.3) is 0 Å². The number of hydrogen-bond donors (Lipinski definition) is 1. The third kappa shape index (κ3) is 2.86. The first kappa shape index (κ1) is 17.0. The van der Waals surface area contributed by atoms with E-state index in [1.54, 1.807) is 0 Å². The maximum Gasteiger partial charge on any atom is 0.227 e. The molecule has 0 amide bonds. The van der Waals surface area contributed by atoms with E-state index in [9.17, 15) is 0 Å². The second kappa shape index (κ2) is 6.58. The summed E-state index contributed by atoms with van der Waals surface area (Å²) in [4.78, 5) is 14.7. The van der Waals surface area contributed by atoms with E-state index in [1.807, 2.05) is 0 Å². The summed E-state index contributed by atoms with van der Waals surface area (Å²) >= 11 is 0. The van der Waals surface area contributed by atoms with E-state index < -0.39 is 0 Å². The lowest BCUT2D eigenvalue weighted by Crippen LogP contribution is -2.51. The minimum atomic E-state index is 0.603. The predicted octanol–water partition coefficient (Wildman–Crippen LogP) is 3.62. The molecule has 148 valence electrons. The van der Waals surface area contributed by atoms with Crippen LogP contribution in [0, 0.1) is 23.7 Å². The molecule has 1 N–H and O–H groups in total. The molecule has 1 aliphatic heterocycles. The number of aromatic nitrogens is 2. The van der Waals surface area contributed by atoms with Gasteiger partial charge in [-0.15, -0.1) is 0 Å². The Balaban J connectivity index is 1.34. The number of benzene rings is 1. The maximum atomic E-state index is 5.09. The molecule has 0 radical (unpaired) electrons. The van der Waals surface area contributed by atoms with Crippen LogP contribution in [0.3, 0.4) is 0 Å². The fourth-order valence-electron chi connectivity index (χ4n) is 6.64. The van der Waals surface area contributed by atoms with Crippen molar-refractivity contribution in [3.05, 3.63) is 24.3 Å². The zero-order valence-corrected chi connectivity index (χ0v) is 16.8. The summed E-state index contributed by atoms with van der Waals surface area (Å²) in [6.45, 7) is 4.17. The summed E-state index contributed by atoms with van der Waals surface area (Å²) < 4.78 is 0. The van der Waals surface area contributed by atoms with Gasteiger partial charge in [-0.3, -0.25) is 0 Å². The first-order chi connectivity index (χ1) is 13.7. The van der Waals surface area contributed by atoms with E-state index in [1.165, 1.54) is 37.5 Å². The van der Waals surface area contributed by atoms with Gasteiger partial charge in [0.1, 0.15) is 5.82 Å². The highest BCUT2D eigenvalue weighted by Crippen LogP contribution is 2.54. The number of hydrogen-bond acceptors (Lipinski definition) is 5. The summed E-state index contributed by atoms with van der Waals surface area (Å²) in [5.41, 5.74) is 1.07. The van der Waals surface area contributed by atoms with Crippen molar-refractivity contribution in [2.45, 2.75) is 38.1 Å². The van der Waals surface area contributed by atoms with Crippen molar-refractivity contribution in [1.82, 2.24) is 14.9 Å². The van der Waals surface area contributed by atoms with E-state index in [0.717, 1.165) is 67.1 Å². The van der Waals surface area contributed by atoms with Crippen LogP contribution in [0.15, 0.2) is 24.3 Å². The van der Waals surface area contributed by atoms with Crippen LogP contribution in [0.1, 0.15) is 32.1 Å². The van der Waals surface area contributed by atoms with Crippen LogP contribution in [0.4, 0.5) is 11.8 Å². The number of likely N-dealkylation sites (N-methyl/N-ethyl adjacent to an activating group) is 1. The molecule has 5 aliphatic rings. The monoisotopic (exact) mass is 377 g/mol.